The van der Waals surface area contributed by atoms with Crippen LogP contribution in [-0.2, 0) is 9.59 Å². The standard InChI is InChI=1S/C26H31N5O3/c1-3-18(4-2)26(33)27-19-9-10-24(22(17-19)29-34)31-15-13-30(14-16-31)23-11-12-25(32)28-21-8-6-5-7-20(21)23/h5-12,17-18,23H,3-4,13-16H2,1-2H3,(H,27,33)(H,28,32). The molecule has 178 valence electrons. The Morgan fingerprint density at radius 3 is 2.56 bits per heavy atom. The molecule has 0 spiro atoms. The highest BCUT2D eigenvalue weighted by atomic mass is 16.3. The van der Waals surface area contributed by atoms with E-state index in [2.05, 4.69) is 25.6 Å². The average Bonchev–Trinajstić information content (AvgIpc) is 3.03. The third-order valence-corrected chi connectivity index (χ3v) is 6.71. The molecule has 2 amide bonds. The summed E-state index contributed by atoms with van der Waals surface area (Å²) in [5, 5.41) is 9.09. The number of amides is 2. The van der Waals surface area contributed by atoms with Gasteiger partial charge >= 0.3 is 0 Å². The van der Waals surface area contributed by atoms with Crippen molar-refractivity contribution < 1.29 is 9.59 Å². The number of carbonyl (C=O) groups is 2. The van der Waals surface area contributed by atoms with E-state index in [1.165, 1.54) is 0 Å². The van der Waals surface area contributed by atoms with E-state index in [0.29, 0.717) is 11.4 Å². The van der Waals surface area contributed by atoms with Gasteiger partial charge in [-0.2, -0.15) is 0 Å². The summed E-state index contributed by atoms with van der Waals surface area (Å²) in [6, 6.07) is 13.2. The SMILES string of the molecule is CCC(CC)C(=O)Nc1ccc(N2CCN(C3C=CC(=O)Nc4ccccc43)CC2)c(N=O)c1. The van der Waals surface area contributed by atoms with Gasteiger partial charge in [0.25, 0.3) is 0 Å². The zero-order valence-corrected chi connectivity index (χ0v) is 19.7. The Morgan fingerprint density at radius 1 is 1.12 bits per heavy atom. The van der Waals surface area contributed by atoms with E-state index >= 15 is 0 Å². The molecule has 2 aromatic carbocycles. The summed E-state index contributed by atoms with van der Waals surface area (Å²) in [5.74, 6) is -0.200. The van der Waals surface area contributed by atoms with Gasteiger partial charge in [-0.05, 0) is 47.8 Å². The quantitative estimate of drug-likeness (QED) is 0.576. The first kappa shape index (κ1) is 23.6. The minimum atomic E-state index is -0.119. The van der Waals surface area contributed by atoms with Gasteiger partial charge in [0, 0.05) is 49.5 Å². The molecule has 2 heterocycles. The molecule has 2 aliphatic rings. The fraction of sp³-hybridized carbons (Fsp3) is 0.385. The van der Waals surface area contributed by atoms with Crippen LogP contribution in [0.15, 0.2) is 59.8 Å². The van der Waals surface area contributed by atoms with Crippen molar-refractivity contribution in [3.63, 3.8) is 0 Å². The molecule has 1 saturated heterocycles. The lowest BCUT2D eigenvalue weighted by Crippen LogP contribution is -2.47. The van der Waals surface area contributed by atoms with Gasteiger partial charge in [0.05, 0.1) is 11.7 Å². The van der Waals surface area contributed by atoms with Gasteiger partial charge in [0.1, 0.15) is 5.69 Å². The number of fused-ring (bicyclic) bond motifs is 1. The van der Waals surface area contributed by atoms with Gasteiger partial charge in [0.15, 0.2) is 0 Å². The Kier molecular flexibility index (Phi) is 7.37. The highest BCUT2D eigenvalue weighted by Gasteiger charge is 2.28. The van der Waals surface area contributed by atoms with Gasteiger partial charge < -0.3 is 15.5 Å². The molecular formula is C26H31N5O3. The molecule has 34 heavy (non-hydrogen) atoms. The number of piperazine rings is 1. The Hall–Kier alpha value is -3.52. The van der Waals surface area contributed by atoms with Gasteiger partial charge in [-0.25, -0.2) is 0 Å². The number of nitroso groups, excluding NO2 is 1. The number of anilines is 3. The van der Waals surface area contributed by atoms with Gasteiger partial charge in [-0.1, -0.05) is 38.1 Å². The van der Waals surface area contributed by atoms with E-state index in [1.54, 1.807) is 12.1 Å². The second kappa shape index (κ2) is 10.6. The predicted molar refractivity (Wildman–Crippen MR) is 135 cm³/mol. The number of para-hydroxylation sites is 1. The Morgan fingerprint density at radius 2 is 1.85 bits per heavy atom. The van der Waals surface area contributed by atoms with Crippen molar-refractivity contribution in [1.82, 2.24) is 4.90 Å². The zero-order valence-electron chi connectivity index (χ0n) is 19.7. The normalized spacial score (nSPS) is 18.3. The Balaban J connectivity index is 1.46. The number of nitrogens with zero attached hydrogens (tertiary/aromatic N) is 3. The molecule has 0 saturated carbocycles. The predicted octanol–water partition coefficient (Wildman–Crippen LogP) is 4.83. The minimum absolute atomic E-state index is 0.00336. The summed E-state index contributed by atoms with van der Waals surface area (Å²) >= 11 is 0. The zero-order chi connectivity index (χ0) is 24.1. The van der Waals surface area contributed by atoms with Crippen LogP contribution in [0.25, 0.3) is 0 Å². The van der Waals surface area contributed by atoms with Crippen LogP contribution in [0.1, 0.15) is 38.3 Å². The van der Waals surface area contributed by atoms with Crippen LogP contribution >= 0.6 is 0 Å². The number of nitrogens with one attached hydrogen (secondary N) is 2. The fourth-order valence-corrected chi connectivity index (χ4v) is 4.73. The van der Waals surface area contributed by atoms with E-state index in [4.69, 9.17) is 0 Å². The average molecular weight is 462 g/mol. The van der Waals surface area contributed by atoms with Crippen molar-refractivity contribution in [3.05, 3.63) is 65.1 Å². The van der Waals surface area contributed by atoms with Gasteiger partial charge in [-0.3, -0.25) is 14.5 Å². The summed E-state index contributed by atoms with van der Waals surface area (Å²) in [5.41, 5.74) is 3.59. The largest absolute Gasteiger partial charge is 0.367 e. The van der Waals surface area contributed by atoms with Crippen LogP contribution in [0.4, 0.5) is 22.7 Å². The van der Waals surface area contributed by atoms with Crippen molar-refractivity contribution in [1.29, 1.82) is 0 Å². The van der Waals surface area contributed by atoms with Crippen LogP contribution in [0, 0.1) is 10.8 Å². The van der Waals surface area contributed by atoms with E-state index in [-0.39, 0.29) is 23.8 Å². The molecule has 2 aromatic rings. The summed E-state index contributed by atoms with van der Waals surface area (Å²) in [6.45, 7) is 6.96. The molecule has 0 bridgehead atoms. The highest BCUT2D eigenvalue weighted by Crippen LogP contribution is 2.35. The molecule has 1 atom stereocenters. The lowest BCUT2D eigenvalue weighted by molar-refractivity contribution is -0.120. The first-order chi connectivity index (χ1) is 16.5. The Bertz CT molecular complexity index is 1090. The summed E-state index contributed by atoms with van der Waals surface area (Å²) in [7, 11) is 0. The maximum absolute atomic E-state index is 12.4. The summed E-state index contributed by atoms with van der Waals surface area (Å²) in [6.07, 6.45) is 5.09. The Labute approximate surface area is 200 Å². The summed E-state index contributed by atoms with van der Waals surface area (Å²) in [4.78, 5) is 40.6. The van der Waals surface area contributed by atoms with E-state index in [9.17, 15) is 14.5 Å². The maximum Gasteiger partial charge on any atom is 0.248 e. The molecule has 0 aromatic heterocycles. The third kappa shape index (κ3) is 5.02. The monoisotopic (exact) mass is 461 g/mol. The summed E-state index contributed by atoms with van der Waals surface area (Å²) < 4.78 is 0. The van der Waals surface area contributed by atoms with Crippen molar-refractivity contribution in [2.45, 2.75) is 32.7 Å². The number of carbonyl (C=O) groups excluding carboxylic acids is 2. The first-order valence-electron chi connectivity index (χ1n) is 11.9. The van der Waals surface area contributed by atoms with Crippen LogP contribution in [0.5, 0.6) is 0 Å². The van der Waals surface area contributed by atoms with Crippen molar-refractivity contribution >= 4 is 34.6 Å². The van der Waals surface area contributed by atoms with Crippen LogP contribution in [-0.4, -0.2) is 42.9 Å². The number of hydrogen-bond donors (Lipinski definition) is 2. The fourth-order valence-electron chi connectivity index (χ4n) is 4.73. The first-order valence-corrected chi connectivity index (χ1v) is 11.9. The van der Waals surface area contributed by atoms with Crippen LogP contribution in [0.2, 0.25) is 0 Å². The topological polar surface area (TPSA) is 94.1 Å². The van der Waals surface area contributed by atoms with Crippen LogP contribution < -0.4 is 15.5 Å². The number of hydrogen-bond acceptors (Lipinski definition) is 6. The number of benzene rings is 2. The minimum Gasteiger partial charge on any atom is -0.367 e. The number of rotatable bonds is 7. The molecule has 1 fully saturated rings. The molecule has 8 heteroatoms. The highest BCUT2D eigenvalue weighted by molar-refractivity contribution is 6.00. The second-order valence-electron chi connectivity index (χ2n) is 8.70. The molecular weight excluding hydrogens is 430 g/mol. The van der Waals surface area contributed by atoms with Gasteiger partial charge in [-0.15, -0.1) is 4.91 Å². The van der Waals surface area contributed by atoms with Crippen LogP contribution in [0.3, 0.4) is 0 Å². The molecule has 0 aliphatic carbocycles. The van der Waals surface area contributed by atoms with Gasteiger partial charge in [0.2, 0.25) is 11.8 Å². The van der Waals surface area contributed by atoms with Crippen molar-refractivity contribution in [2.24, 2.45) is 11.1 Å². The van der Waals surface area contributed by atoms with E-state index < -0.39 is 0 Å². The van der Waals surface area contributed by atoms with E-state index in [1.807, 2.05) is 56.3 Å². The molecule has 2 N–H and O–H groups in total. The molecule has 0 radical (unpaired) electrons. The smallest absolute Gasteiger partial charge is 0.248 e. The lowest BCUT2D eigenvalue weighted by atomic mass is 10.0. The molecule has 2 aliphatic heterocycles. The van der Waals surface area contributed by atoms with Crippen molar-refractivity contribution in [2.75, 3.05) is 41.7 Å². The van der Waals surface area contributed by atoms with E-state index in [0.717, 1.165) is 56.0 Å². The van der Waals surface area contributed by atoms with Crippen molar-refractivity contribution in [3.8, 4) is 0 Å². The molecule has 1 unspecified atom stereocenters. The third-order valence-electron chi connectivity index (χ3n) is 6.71. The second-order valence-corrected chi connectivity index (χ2v) is 8.70. The maximum atomic E-state index is 12.4. The lowest BCUT2D eigenvalue weighted by Gasteiger charge is -2.39. The molecule has 4 rings (SSSR count). The molecule has 8 nitrogen and oxygen atoms in total.